The molecule has 0 saturated carbocycles. The van der Waals surface area contributed by atoms with E-state index in [-0.39, 0.29) is 65.1 Å². The van der Waals surface area contributed by atoms with Crippen molar-refractivity contribution in [3.63, 3.8) is 0 Å². The molecule has 0 aliphatic carbocycles. The zero-order valence-electron chi connectivity index (χ0n) is 12.7. The van der Waals surface area contributed by atoms with Crippen LogP contribution in [0.4, 0.5) is 11.6 Å². The number of carbonyl (C=O) groups is 2. The second-order valence-corrected chi connectivity index (χ2v) is 3.76. The normalized spacial score (nSPS) is 9.78. The van der Waals surface area contributed by atoms with E-state index in [9.17, 15) is 19.8 Å². The number of imidazole rings is 1. The minimum absolute atomic E-state index is 0. The van der Waals surface area contributed by atoms with Gasteiger partial charge in [0.2, 0.25) is 5.95 Å². The minimum Gasteiger partial charge on any atom is -0.543 e. The van der Waals surface area contributed by atoms with Gasteiger partial charge in [0, 0.05) is 0 Å². The smallest absolute Gasteiger partial charge is 0.543 e. The van der Waals surface area contributed by atoms with Crippen molar-refractivity contribution >= 4 is 23.6 Å². The monoisotopic (exact) mass is 334 g/mol. The van der Waals surface area contributed by atoms with Gasteiger partial charge in [-0.3, -0.25) is 0 Å². The Morgan fingerprint density at radius 1 is 1.09 bits per heavy atom. The molecular formula is C12H8N4Na2O5. The van der Waals surface area contributed by atoms with Crippen molar-refractivity contribution in [3.05, 3.63) is 35.7 Å². The van der Waals surface area contributed by atoms with E-state index in [2.05, 4.69) is 20.2 Å². The number of carboxylic acids is 2. The van der Waals surface area contributed by atoms with Crippen molar-refractivity contribution in [2.24, 2.45) is 10.2 Å². The quantitative estimate of drug-likeness (QED) is 0.425. The number of aromatic amines is 1. The molecule has 0 saturated heterocycles. The average Bonchev–Trinajstić information content (AvgIpc) is 2.90. The van der Waals surface area contributed by atoms with E-state index in [1.807, 2.05) is 0 Å². The molecule has 0 fully saturated rings. The fourth-order valence-corrected chi connectivity index (χ4v) is 1.46. The summed E-state index contributed by atoms with van der Waals surface area (Å²) in [6.45, 7) is 0. The van der Waals surface area contributed by atoms with Crippen LogP contribution in [0, 0.1) is 0 Å². The summed E-state index contributed by atoms with van der Waals surface area (Å²) < 4.78 is 4.97. The molecule has 0 aliphatic rings. The van der Waals surface area contributed by atoms with Crippen LogP contribution >= 0.6 is 0 Å². The van der Waals surface area contributed by atoms with Crippen molar-refractivity contribution in [1.82, 2.24) is 9.97 Å². The molecule has 2 aromatic rings. The van der Waals surface area contributed by atoms with Gasteiger partial charge >= 0.3 is 59.1 Å². The summed E-state index contributed by atoms with van der Waals surface area (Å²) in [5.74, 6) is -3.14. The van der Waals surface area contributed by atoms with Crippen molar-refractivity contribution < 1.29 is 83.7 Å². The SMILES string of the molecule is COc1ccc(N=Nc2nc(C(=O)[O-])c(C(=O)[O-])[nH]2)cc1.[Na+].[Na+]. The van der Waals surface area contributed by atoms with Crippen molar-refractivity contribution in [1.29, 1.82) is 0 Å². The molecule has 0 spiro atoms. The fraction of sp³-hybridized carbons (Fsp3) is 0.0833. The summed E-state index contributed by atoms with van der Waals surface area (Å²) >= 11 is 0. The number of nitrogens with one attached hydrogen (secondary N) is 1. The van der Waals surface area contributed by atoms with Crippen LogP contribution in [-0.4, -0.2) is 29.0 Å². The van der Waals surface area contributed by atoms with E-state index in [0.717, 1.165) is 0 Å². The Kier molecular flexibility index (Phi) is 9.28. The molecule has 11 heteroatoms. The first kappa shape index (κ1) is 21.8. The number of azo groups is 1. The molecule has 2 rings (SSSR count). The fourth-order valence-electron chi connectivity index (χ4n) is 1.46. The number of nitrogens with zero attached hydrogens (tertiary/aromatic N) is 3. The van der Waals surface area contributed by atoms with Gasteiger partial charge in [0.15, 0.2) is 0 Å². The average molecular weight is 334 g/mol. The Hall–Kier alpha value is -1.23. The standard InChI is InChI=1S/C12H10N4O5.2Na/c1-21-7-4-2-6(3-5-7)15-16-12-13-8(10(17)18)9(14-12)11(19)20;;/h2-5H,1H3,(H,13,14)(H,17,18)(H,19,20);;/q;2*+1/p-2. The number of carboxylic acid groups (broad SMARTS) is 2. The first-order valence-corrected chi connectivity index (χ1v) is 5.59. The molecule has 23 heavy (non-hydrogen) atoms. The third kappa shape index (κ3) is 5.72. The molecule has 1 N–H and O–H groups in total. The summed E-state index contributed by atoms with van der Waals surface area (Å²) in [5.41, 5.74) is -1.07. The summed E-state index contributed by atoms with van der Waals surface area (Å²) in [6.07, 6.45) is 0. The van der Waals surface area contributed by atoms with Gasteiger partial charge in [-0.1, -0.05) is 0 Å². The Balaban J connectivity index is 0.00000242. The maximum absolute atomic E-state index is 10.7. The maximum atomic E-state index is 10.7. The van der Waals surface area contributed by atoms with Crippen LogP contribution in [0.2, 0.25) is 0 Å². The van der Waals surface area contributed by atoms with Crippen LogP contribution in [0.25, 0.3) is 0 Å². The molecular weight excluding hydrogens is 326 g/mol. The van der Waals surface area contributed by atoms with Gasteiger partial charge in [-0.15, -0.1) is 10.2 Å². The van der Waals surface area contributed by atoms with Gasteiger partial charge in [-0.05, 0) is 24.3 Å². The largest absolute Gasteiger partial charge is 1.00 e. The Morgan fingerprint density at radius 2 is 1.70 bits per heavy atom. The zero-order chi connectivity index (χ0) is 15.4. The van der Waals surface area contributed by atoms with Gasteiger partial charge in [0.05, 0.1) is 30.4 Å². The Morgan fingerprint density at radius 3 is 2.13 bits per heavy atom. The number of aromatic carboxylic acids is 2. The molecule has 0 unspecified atom stereocenters. The molecule has 0 atom stereocenters. The van der Waals surface area contributed by atoms with Gasteiger partial charge < -0.3 is 29.5 Å². The number of carbonyl (C=O) groups excluding carboxylic acids is 2. The first-order valence-electron chi connectivity index (χ1n) is 5.59. The van der Waals surface area contributed by atoms with Crippen LogP contribution < -0.4 is 74.1 Å². The summed E-state index contributed by atoms with van der Waals surface area (Å²) in [4.78, 5) is 27.1. The summed E-state index contributed by atoms with van der Waals surface area (Å²) in [6, 6.07) is 6.50. The van der Waals surface area contributed by atoms with Crippen molar-refractivity contribution in [2.45, 2.75) is 0 Å². The van der Waals surface area contributed by atoms with E-state index in [1.54, 1.807) is 24.3 Å². The second kappa shape index (κ2) is 9.81. The molecule has 0 bridgehead atoms. The van der Waals surface area contributed by atoms with Crippen LogP contribution in [0.5, 0.6) is 5.75 Å². The van der Waals surface area contributed by atoms with Crippen LogP contribution in [0.15, 0.2) is 34.5 Å². The van der Waals surface area contributed by atoms with E-state index in [4.69, 9.17) is 4.74 Å². The molecule has 1 aromatic heterocycles. The minimum atomic E-state index is -1.75. The summed E-state index contributed by atoms with van der Waals surface area (Å²) in [5, 5.41) is 28.8. The molecule has 108 valence electrons. The van der Waals surface area contributed by atoms with Gasteiger partial charge in [0.1, 0.15) is 11.4 Å². The van der Waals surface area contributed by atoms with Gasteiger partial charge in [0.25, 0.3) is 0 Å². The Labute approximate surface area is 174 Å². The molecule has 1 heterocycles. The number of H-pyrrole nitrogens is 1. The van der Waals surface area contributed by atoms with Crippen LogP contribution in [0.3, 0.4) is 0 Å². The predicted octanol–water partition coefficient (Wildman–Crippen LogP) is -6.43. The van der Waals surface area contributed by atoms with E-state index >= 15 is 0 Å². The second-order valence-electron chi connectivity index (χ2n) is 3.76. The summed E-state index contributed by atoms with van der Waals surface area (Å²) in [7, 11) is 1.52. The van der Waals surface area contributed by atoms with E-state index < -0.39 is 23.3 Å². The van der Waals surface area contributed by atoms with Crippen LogP contribution in [0.1, 0.15) is 21.0 Å². The predicted molar refractivity (Wildman–Crippen MR) is 64.4 cm³/mol. The number of benzene rings is 1. The van der Waals surface area contributed by atoms with Gasteiger partial charge in [-0.25, -0.2) is 4.98 Å². The van der Waals surface area contributed by atoms with Crippen molar-refractivity contribution in [3.8, 4) is 5.75 Å². The number of ether oxygens (including phenoxy) is 1. The first-order chi connectivity index (χ1) is 10.0. The Bertz CT molecular complexity index is 683. The number of aromatic nitrogens is 2. The van der Waals surface area contributed by atoms with E-state index in [1.165, 1.54) is 7.11 Å². The van der Waals surface area contributed by atoms with Crippen LogP contribution in [-0.2, 0) is 0 Å². The molecule has 0 amide bonds. The van der Waals surface area contributed by atoms with E-state index in [0.29, 0.717) is 11.4 Å². The zero-order valence-corrected chi connectivity index (χ0v) is 16.7. The molecule has 9 nitrogen and oxygen atoms in total. The van der Waals surface area contributed by atoms with Gasteiger partial charge in [-0.2, -0.15) is 0 Å². The third-order valence-corrected chi connectivity index (χ3v) is 2.42. The molecule has 0 aliphatic heterocycles. The third-order valence-electron chi connectivity index (χ3n) is 2.42. The molecule has 1 aromatic carbocycles. The number of hydrogen-bond acceptors (Lipinski definition) is 8. The number of hydrogen-bond donors (Lipinski definition) is 1. The number of rotatable bonds is 5. The number of methoxy groups -OCH3 is 1. The van der Waals surface area contributed by atoms with Crippen molar-refractivity contribution in [2.75, 3.05) is 7.11 Å². The molecule has 0 radical (unpaired) electrons. The topological polar surface area (TPSA) is 143 Å². The maximum Gasteiger partial charge on any atom is 1.00 e.